The fourth-order valence-electron chi connectivity index (χ4n) is 3.30. The topological polar surface area (TPSA) is 76.1 Å². The van der Waals surface area contributed by atoms with E-state index in [1.807, 2.05) is 19.1 Å². The van der Waals surface area contributed by atoms with E-state index >= 15 is 0 Å². The molecule has 6 nitrogen and oxygen atoms in total. The highest BCUT2D eigenvalue weighted by Gasteiger charge is 2.45. The molecular weight excluding hydrogens is 358 g/mol. The monoisotopic (exact) mass is 381 g/mol. The van der Waals surface area contributed by atoms with Gasteiger partial charge < -0.3 is 19.5 Å². The van der Waals surface area contributed by atoms with Crippen LogP contribution in [0, 0.1) is 6.92 Å². The number of methoxy groups -OCH3 is 2. The Labute approximate surface area is 164 Å². The first-order valence-electron chi connectivity index (χ1n) is 8.96. The van der Waals surface area contributed by atoms with Gasteiger partial charge in [0.05, 0.1) is 25.3 Å². The van der Waals surface area contributed by atoms with Crippen LogP contribution in [-0.2, 0) is 14.3 Å². The number of carbonyl (C=O) groups is 2. The van der Waals surface area contributed by atoms with Crippen LogP contribution in [0.2, 0.25) is 0 Å². The Morgan fingerprint density at radius 3 is 2.25 bits per heavy atom. The van der Waals surface area contributed by atoms with Crippen LogP contribution in [0.5, 0.6) is 5.75 Å². The molecule has 2 aromatic carbocycles. The van der Waals surface area contributed by atoms with Crippen LogP contribution in [0.1, 0.15) is 22.7 Å². The number of carbonyl (C=O) groups excluding carboxylic acids is 2. The van der Waals surface area contributed by atoms with E-state index in [-0.39, 0.29) is 24.5 Å². The van der Waals surface area contributed by atoms with Crippen LogP contribution in [0.3, 0.4) is 0 Å². The number of aryl methyl sites for hydroxylation is 1. The average Bonchev–Trinajstić information content (AvgIpc) is 2.97. The SMILES string of the molecule is COCCN1C(=O)C(=O)C(=C(O)c2ccc(C)cc2)[C@H]1c1ccc(OC)cc1. The van der Waals surface area contributed by atoms with Gasteiger partial charge in [0.1, 0.15) is 11.5 Å². The molecule has 0 saturated carbocycles. The average molecular weight is 381 g/mol. The fraction of sp³-hybridized carbons (Fsp3) is 0.273. The molecule has 3 rings (SSSR count). The molecule has 1 atom stereocenters. The molecule has 0 bridgehead atoms. The Bertz CT molecular complexity index is 900. The predicted molar refractivity (Wildman–Crippen MR) is 105 cm³/mol. The number of hydrogen-bond donors (Lipinski definition) is 1. The van der Waals surface area contributed by atoms with Gasteiger partial charge in [-0.1, -0.05) is 42.0 Å². The van der Waals surface area contributed by atoms with E-state index in [0.29, 0.717) is 16.9 Å². The van der Waals surface area contributed by atoms with Gasteiger partial charge in [0.25, 0.3) is 11.7 Å². The van der Waals surface area contributed by atoms with E-state index < -0.39 is 17.7 Å². The van der Waals surface area contributed by atoms with Crippen LogP contribution in [-0.4, -0.2) is 49.1 Å². The zero-order chi connectivity index (χ0) is 20.3. The van der Waals surface area contributed by atoms with E-state index in [1.165, 1.54) is 12.0 Å². The zero-order valence-electron chi connectivity index (χ0n) is 16.1. The van der Waals surface area contributed by atoms with Gasteiger partial charge in [0.2, 0.25) is 0 Å². The molecule has 0 aliphatic carbocycles. The lowest BCUT2D eigenvalue weighted by Gasteiger charge is -2.25. The molecule has 1 aliphatic heterocycles. The Balaban J connectivity index is 2.13. The summed E-state index contributed by atoms with van der Waals surface area (Å²) in [7, 11) is 3.10. The Morgan fingerprint density at radius 2 is 1.68 bits per heavy atom. The summed E-state index contributed by atoms with van der Waals surface area (Å²) in [5.41, 5.74) is 2.32. The van der Waals surface area contributed by atoms with Gasteiger partial charge in [-0.15, -0.1) is 0 Å². The molecule has 0 radical (unpaired) electrons. The van der Waals surface area contributed by atoms with Gasteiger partial charge in [-0.05, 0) is 24.6 Å². The third-order valence-corrected chi connectivity index (χ3v) is 4.83. The van der Waals surface area contributed by atoms with Crippen molar-refractivity contribution in [1.29, 1.82) is 0 Å². The molecule has 0 unspecified atom stereocenters. The molecular formula is C22H23NO5. The van der Waals surface area contributed by atoms with Gasteiger partial charge in [0, 0.05) is 19.2 Å². The molecule has 1 N–H and O–H groups in total. The van der Waals surface area contributed by atoms with Crippen molar-refractivity contribution in [2.24, 2.45) is 0 Å². The molecule has 6 heteroatoms. The number of hydrogen-bond acceptors (Lipinski definition) is 5. The van der Waals surface area contributed by atoms with Crippen molar-refractivity contribution in [2.45, 2.75) is 13.0 Å². The second-order valence-corrected chi connectivity index (χ2v) is 6.62. The minimum Gasteiger partial charge on any atom is -0.507 e. The maximum atomic E-state index is 12.8. The van der Waals surface area contributed by atoms with Crippen molar-refractivity contribution in [3.05, 3.63) is 70.8 Å². The zero-order valence-corrected chi connectivity index (χ0v) is 16.1. The maximum absolute atomic E-state index is 12.8. The molecule has 1 amide bonds. The van der Waals surface area contributed by atoms with Gasteiger partial charge in [-0.3, -0.25) is 9.59 Å². The van der Waals surface area contributed by atoms with Crippen molar-refractivity contribution in [3.8, 4) is 5.75 Å². The first kappa shape index (κ1) is 19.6. The lowest BCUT2D eigenvalue weighted by atomic mass is 9.95. The summed E-state index contributed by atoms with van der Waals surface area (Å²) in [6.45, 7) is 2.46. The predicted octanol–water partition coefficient (Wildman–Crippen LogP) is 3.07. The highest BCUT2D eigenvalue weighted by Crippen LogP contribution is 2.39. The molecule has 1 aliphatic rings. The minimum atomic E-state index is -0.699. The third-order valence-electron chi connectivity index (χ3n) is 4.83. The first-order valence-corrected chi connectivity index (χ1v) is 8.96. The second-order valence-electron chi connectivity index (χ2n) is 6.62. The number of amides is 1. The molecule has 0 aromatic heterocycles. The van der Waals surface area contributed by atoms with Gasteiger partial charge in [-0.2, -0.15) is 0 Å². The van der Waals surface area contributed by atoms with E-state index in [1.54, 1.807) is 43.5 Å². The lowest BCUT2D eigenvalue weighted by molar-refractivity contribution is -0.140. The molecule has 2 aromatic rings. The van der Waals surface area contributed by atoms with E-state index in [4.69, 9.17) is 9.47 Å². The van der Waals surface area contributed by atoms with E-state index in [0.717, 1.165) is 5.56 Å². The second kappa shape index (κ2) is 8.27. The van der Waals surface area contributed by atoms with Gasteiger partial charge in [-0.25, -0.2) is 0 Å². The van der Waals surface area contributed by atoms with Crippen molar-refractivity contribution < 1.29 is 24.2 Å². The van der Waals surface area contributed by atoms with E-state index in [2.05, 4.69) is 0 Å². The number of rotatable bonds is 6. The van der Waals surface area contributed by atoms with Crippen molar-refractivity contribution >= 4 is 17.4 Å². The summed E-state index contributed by atoms with van der Waals surface area (Å²) in [4.78, 5) is 26.9. The highest BCUT2D eigenvalue weighted by molar-refractivity contribution is 6.46. The number of aliphatic hydroxyl groups excluding tert-OH is 1. The number of Topliss-reactive ketones (excluding diaryl/α,β-unsaturated/α-hetero) is 1. The minimum absolute atomic E-state index is 0.0788. The number of aliphatic hydroxyl groups is 1. The standard InChI is InChI=1S/C22H23NO5/c1-14-4-6-16(7-5-14)20(24)18-19(15-8-10-17(28-3)11-9-15)23(12-13-27-2)22(26)21(18)25/h4-11,19,24H,12-13H2,1-3H3/t19-/m1/s1. The molecule has 1 heterocycles. The molecule has 1 fully saturated rings. The summed E-state index contributed by atoms with van der Waals surface area (Å²) in [6.07, 6.45) is 0. The number of nitrogens with zero attached hydrogens (tertiary/aromatic N) is 1. The fourth-order valence-corrected chi connectivity index (χ4v) is 3.30. The summed E-state index contributed by atoms with van der Waals surface area (Å²) in [5.74, 6) is -0.864. The maximum Gasteiger partial charge on any atom is 0.295 e. The van der Waals surface area contributed by atoms with Crippen molar-refractivity contribution in [3.63, 3.8) is 0 Å². The lowest BCUT2D eigenvalue weighted by Crippen LogP contribution is -2.32. The smallest absolute Gasteiger partial charge is 0.295 e. The van der Waals surface area contributed by atoms with Crippen molar-refractivity contribution in [2.75, 3.05) is 27.4 Å². The van der Waals surface area contributed by atoms with Crippen LogP contribution in [0.25, 0.3) is 5.76 Å². The first-order chi connectivity index (χ1) is 13.5. The summed E-state index contributed by atoms with van der Waals surface area (Å²) >= 11 is 0. The van der Waals surface area contributed by atoms with Crippen molar-refractivity contribution in [1.82, 2.24) is 4.90 Å². The van der Waals surface area contributed by atoms with E-state index in [9.17, 15) is 14.7 Å². The Kier molecular flexibility index (Phi) is 5.80. The normalized spacial score (nSPS) is 18.5. The largest absolute Gasteiger partial charge is 0.507 e. The van der Waals surface area contributed by atoms with Crippen LogP contribution >= 0.6 is 0 Å². The van der Waals surface area contributed by atoms with Crippen LogP contribution in [0.4, 0.5) is 0 Å². The highest BCUT2D eigenvalue weighted by atomic mass is 16.5. The quantitative estimate of drug-likeness (QED) is 0.473. The summed E-state index contributed by atoms with van der Waals surface area (Å²) in [5, 5.41) is 10.9. The summed E-state index contributed by atoms with van der Waals surface area (Å²) in [6, 6.07) is 13.6. The molecule has 28 heavy (non-hydrogen) atoms. The number of ketones is 1. The molecule has 0 spiro atoms. The number of benzene rings is 2. The van der Waals surface area contributed by atoms with Gasteiger partial charge >= 0.3 is 0 Å². The number of ether oxygens (including phenoxy) is 2. The number of likely N-dealkylation sites (tertiary alicyclic amines) is 1. The summed E-state index contributed by atoms with van der Waals surface area (Å²) < 4.78 is 10.3. The van der Waals surface area contributed by atoms with Gasteiger partial charge in [0.15, 0.2) is 0 Å². The van der Waals surface area contributed by atoms with Crippen LogP contribution < -0.4 is 4.74 Å². The molecule has 146 valence electrons. The third kappa shape index (κ3) is 3.64. The Morgan fingerprint density at radius 1 is 1.04 bits per heavy atom. The molecule has 1 saturated heterocycles. The van der Waals surface area contributed by atoms with Crippen LogP contribution in [0.15, 0.2) is 54.1 Å². The Hall–Kier alpha value is -3.12.